The Bertz CT molecular complexity index is 495. The van der Waals surface area contributed by atoms with Crippen LogP contribution >= 0.6 is 0 Å². The van der Waals surface area contributed by atoms with Crippen LogP contribution in [0.5, 0.6) is 0 Å². The van der Waals surface area contributed by atoms with Crippen molar-refractivity contribution in [3.05, 3.63) is 66.0 Å². The molecule has 0 aliphatic heterocycles. The molecule has 0 bridgehead atoms. The van der Waals surface area contributed by atoms with Crippen molar-refractivity contribution in [2.24, 2.45) is 5.92 Å². The largest absolute Gasteiger partial charge is 0.313 e. The molecule has 92 valence electrons. The van der Waals surface area contributed by atoms with Crippen molar-refractivity contribution in [2.45, 2.75) is 18.4 Å². The van der Waals surface area contributed by atoms with Crippen molar-refractivity contribution in [1.82, 2.24) is 10.3 Å². The molecule has 1 saturated carbocycles. The molecule has 3 atom stereocenters. The summed E-state index contributed by atoms with van der Waals surface area (Å²) in [6.07, 6.45) is 5.02. The van der Waals surface area contributed by atoms with Gasteiger partial charge in [0, 0.05) is 18.4 Å². The Morgan fingerprint density at radius 1 is 1.11 bits per heavy atom. The zero-order chi connectivity index (χ0) is 12.4. The molecule has 18 heavy (non-hydrogen) atoms. The molecular weight excluding hydrogens is 220 g/mol. The molecule has 1 aromatic carbocycles. The van der Waals surface area contributed by atoms with Gasteiger partial charge in [-0.2, -0.15) is 0 Å². The van der Waals surface area contributed by atoms with Crippen LogP contribution in [0.1, 0.15) is 29.5 Å². The molecule has 2 aromatic rings. The highest BCUT2D eigenvalue weighted by Gasteiger charge is 2.43. The van der Waals surface area contributed by atoms with E-state index in [1.807, 2.05) is 19.4 Å². The second kappa shape index (κ2) is 4.91. The average Bonchev–Trinajstić information content (AvgIpc) is 3.22. The van der Waals surface area contributed by atoms with E-state index in [4.69, 9.17) is 0 Å². The number of rotatable bonds is 4. The number of pyridine rings is 1. The van der Waals surface area contributed by atoms with Gasteiger partial charge in [0.1, 0.15) is 0 Å². The third-order valence-electron chi connectivity index (χ3n) is 3.87. The van der Waals surface area contributed by atoms with Crippen molar-refractivity contribution < 1.29 is 0 Å². The molecule has 1 N–H and O–H groups in total. The summed E-state index contributed by atoms with van der Waals surface area (Å²) in [5, 5.41) is 3.45. The first-order valence-corrected chi connectivity index (χ1v) is 6.52. The van der Waals surface area contributed by atoms with Crippen molar-refractivity contribution in [3.63, 3.8) is 0 Å². The molecule has 2 heteroatoms. The fourth-order valence-corrected chi connectivity index (χ4v) is 2.87. The highest BCUT2D eigenvalue weighted by molar-refractivity contribution is 5.29. The summed E-state index contributed by atoms with van der Waals surface area (Å²) in [5.41, 5.74) is 2.81. The molecule has 3 rings (SSSR count). The molecule has 2 nitrogen and oxygen atoms in total. The predicted molar refractivity (Wildman–Crippen MR) is 73.3 cm³/mol. The Balaban J connectivity index is 1.77. The highest BCUT2D eigenvalue weighted by atomic mass is 14.9. The van der Waals surface area contributed by atoms with Gasteiger partial charge in [-0.3, -0.25) is 4.98 Å². The number of benzene rings is 1. The molecule has 0 spiro atoms. The molecule has 0 saturated heterocycles. The molecule has 1 aromatic heterocycles. The molecule has 0 radical (unpaired) electrons. The Kier molecular flexibility index (Phi) is 3.11. The third-order valence-corrected chi connectivity index (χ3v) is 3.87. The lowest BCUT2D eigenvalue weighted by Crippen LogP contribution is -2.19. The van der Waals surface area contributed by atoms with Crippen LogP contribution in [-0.4, -0.2) is 12.0 Å². The van der Waals surface area contributed by atoms with Gasteiger partial charge in [0.05, 0.1) is 0 Å². The minimum atomic E-state index is 0.443. The lowest BCUT2D eigenvalue weighted by molar-refractivity contribution is 0.517. The lowest BCUT2D eigenvalue weighted by Gasteiger charge is -2.16. The maximum absolute atomic E-state index is 4.09. The van der Waals surface area contributed by atoms with Crippen LogP contribution in [0.25, 0.3) is 0 Å². The lowest BCUT2D eigenvalue weighted by atomic mass is 10.00. The number of hydrogen-bond acceptors (Lipinski definition) is 2. The van der Waals surface area contributed by atoms with Crippen LogP contribution in [-0.2, 0) is 0 Å². The van der Waals surface area contributed by atoms with Crippen LogP contribution in [0.15, 0.2) is 54.9 Å². The van der Waals surface area contributed by atoms with E-state index < -0.39 is 0 Å². The molecule has 0 amide bonds. The number of nitrogens with zero attached hydrogens (tertiary/aromatic N) is 1. The van der Waals surface area contributed by atoms with Gasteiger partial charge in [-0.1, -0.05) is 30.3 Å². The maximum atomic E-state index is 4.09. The summed E-state index contributed by atoms with van der Waals surface area (Å²) >= 11 is 0. The maximum Gasteiger partial charge on any atom is 0.0353 e. The van der Waals surface area contributed by atoms with Gasteiger partial charge < -0.3 is 5.32 Å². The van der Waals surface area contributed by atoms with E-state index in [0.717, 1.165) is 0 Å². The van der Waals surface area contributed by atoms with E-state index in [9.17, 15) is 0 Å². The topological polar surface area (TPSA) is 24.9 Å². The van der Waals surface area contributed by atoms with Crippen LogP contribution in [0.2, 0.25) is 0 Å². The summed E-state index contributed by atoms with van der Waals surface area (Å²) in [5.74, 6) is 1.41. The van der Waals surface area contributed by atoms with E-state index in [0.29, 0.717) is 17.9 Å². The van der Waals surface area contributed by atoms with Gasteiger partial charge in [-0.25, -0.2) is 0 Å². The fourth-order valence-electron chi connectivity index (χ4n) is 2.87. The summed E-state index contributed by atoms with van der Waals surface area (Å²) < 4.78 is 0. The van der Waals surface area contributed by atoms with Crippen LogP contribution in [0, 0.1) is 5.92 Å². The van der Waals surface area contributed by atoms with E-state index >= 15 is 0 Å². The second-order valence-corrected chi connectivity index (χ2v) is 4.96. The quantitative estimate of drug-likeness (QED) is 0.885. The standard InChI is InChI=1S/C16H18N2/c1-17-16(13-7-9-18-10-8-13)15-11-14(15)12-5-3-2-4-6-12/h2-10,14-17H,11H2,1H3. The second-order valence-electron chi connectivity index (χ2n) is 4.96. The van der Waals surface area contributed by atoms with Gasteiger partial charge in [0.2, 0.25) is 0 Å². The van der Waals surface area contributed by atoms with Crippen LogP contribution in [0.4, 0.5) is 0 Å². The van der Waals surface area contributed by atoms with E-state index in [-0.39, 0.29) is 0 Å². The SMILES string of the molecule is CNC(c1ccncc1)C1CC1c1ccccc1. The summed E-state index contributed by atoms with van der Waals surface area (Å²) in [7, 11) is 2.05. The van der Waals surface area contributed by atoms with E-state index in [1.54, 1.807) is 0 Å². The van der Waals surface area contributed by atoms with Crippen LogP contribution in [0.3, 0.4) is 0 Å². The zero-order valence-corrected chi connectivity index (χ0v) is 10.6. The third kappa shape index (κ3) is 2.16. The van der Waals surface area contributed by atoms with Crippen molar-refractivity contribution in [3.8, 4) is 0 Å². The minimum absolute atomic E-state index is 0.443. The molecular formula is C16H18N2. The van der Waals surface area contributed by atoms with Gasteiger partial charge in [0.15, 0.2) is 0 Å². The normalized spacial score (nSPS) is 23.6. The van der Waals surface area contributed by atoms with Crippen molar-refractivity contribution >= 4 is 0 Å². The number of nitrogens with one attached hydrogen (secondary N) is 1. The Morgan fingerprint density at radius 3 is 2.50 bits per heavy atom. The first-order valence-electron chi connectivity index (χ1n) is 6.52. The average molecular weight is 238 g/mol. The molecule has 1 fully saturated rings. The fraction of sp³-hybridized carbons (Fsp3) is 0.312. The smallest absolute Gasteiger partial charge is 0.0353 e. The van der Waals surface area contributed by atoms with Crippen LogP contribution < -0.4 is 5.32 Å². The molecule has 3 unspecified atom stereocenters. The van der Waals surface area contributed by atoms with Crippen molar-refractivity contribution in [2.75, 3.05) is 7.05 Å². The number of aromatic nitrogens is 1. The first-order chi connectivity index (χ1) is 8.90. The van der Waals surface area contributed by atoms with E-state index in [2.05, 4.69) is 52.8 Å². The highest BCUT2D eigenvalue weighted by Crippen LogP contribution is 2.53. The van der Waals surface area contributed by atoms with Gasteiger partial charge in [-0.05, 0) is 48.6 Å². The Hall–Kier alpha value is -1.67. The zero-order valence-electron chi connectivity index (χ0n) is 10.6. The van der Waals surface area contributed by atoms with Gasteiger partial charge in [0.25, 0.3) is 0 Å². The minimum Gasteiger partial charge on any atom is -0.313 e. The molecule has 1 aliphatic carbocycles. The monoisotopic (exact) mass is 238 g/mol. The van der Waals surface area contributed by atoms with E-state index in [1.165, 1.54) is 17.5 Å². The molecule has 1 heterocycles. The number of hydrogen-bond donors (Lipinski definition) is 1. The Morgan fingerprint density at radius 2 is 1.83 bits per heavy atom. The molecule has 1 aliphatic rings. The summed E-state index contributed by atoms with van der Waals surface area (Å²) in [6.45, 7) is 0. The summed E-state index contributed by atoms with van der Waals surface area (Å²) in [6, 6.07) is 15.5. The summed E-state index contributed by atoms with van der Waals surface area (Å²) in [4.78, 5) is 4.09. The Labute approximate surface area is 108 Å². The van der Waals surface area contributed by atoms with Gasteiger partial charge in [-0.15, -0.1) is 0 Å². The van der Waals surface area contributed by atoms with Crippen molar-refractivity contribution in [1.29, 1.82) is 0 Å². The first kappa shape index (κ1) is 11.4. The van der Waals surface area contributed by atoms with Gasteiger partial charge >= 0.3 is 0 Å². The predicted octanol–water partition coefficient (Wildman–Crippen LogP) is 3.15.